The van der Waals surface area contributed by atoms with E-state index in [1.54, 1.807) is 37.3 Å². The largest absolute Gasteiger partial charge is 0.492 e. The van der Waals surface area contributed by atoms with E-state index in [9.17, 15) is 32.3 Å². The topological polar surface area (TPSA) is 88.1 Å². The molecule has 0 bridgehead atoms. The van der Waals surface area contributed by atoms with Crippen molar-refractivity contribution in [1.82, 2.24) is 4.90 Å². The Balaban J connectivity index is 1.92. The van der Waals surface area contributed by atoms with Crippen molar-refractivity contribution in [3.8, 4) is 5.75 Å². The first-order chi connectivity index (χ1) is 17.6. The molecule has 1 atom stereocenters. The fourth-order valence-electron chi connectivity index (χ4n) is 3.50. The third kappa shape index (κ3) is 11.5. The van der Waals surface area contributed by atoms with Gasteiger partial charge in [0.25, 0.3) is 0 Å². The molecule has 2 aromatic rings. The number of anilines is 1. The number of halogens is 4. The number of rotatable bonds is 15. The summed E-state index contributed by atoms with van der Waals surface area (Å²) in [4.78, 5) is 25.4. The molecule has 0 spiro atoms. The smallest absolute Gasteiger partial charge is 0.389 e. The Morgan fingerprint density at radius 3 is 2.35 bits per heavy atom. The molecular weight excluding hydrogens is 496 g/mol. The summed E-state index contributed by atoms with van der Waals surface area (Å²) in [5, 5.41) is 11.7. The van der Waals surface area contributed by atoms with Crippen LogP contribution in [0.2, 0.25) is 0 Å². The number of aliphatic carboxylic acids is 1. The highest BCUT2D eigenvalue weighted by Gasteiger charge is 2.26. The van der Waals surface area contributed by atoms with Gasteiger partial charge in [0.05, 0.1) is 12.2 Å². The van der Waals surface area contributed by atoms with E-state index < -0.39 is 36.5 Å². The summed E-state index contributed by atoms with van der Waals surface area (Å²) >= 11 is 0. The van der Waals surface area contributed by atoms with Crippen molar-refractivity contribution < 1.29 is 41.7 Å². The third-order valence-electron chi connectivity index (χ3n) is 5.41. The molecule has 0 aliphatic carbocycles. The summed E-state index contributed by atoms with van der Waals surface area (Å²) < 4.78 is 62.0. The minimum atomic E-state index is -4.22. The number of alkyl halides is 3. The van der Waals surface area contributed by atoms with Crippen molar-refractivity contribution >= 4 is 17.7 Å². The monoisotopic (exact) mass is 528 g/mol. The van der Waals surface area contributed by atoms with Crippen LogP contribution < -0.4 is 10.1 Å². The Kier molecular flexibility index (Phi) is 12.1. The van der Waals surface area contributed by atoms with E-state index in [0.29, 0.717) is 12.2 Å². The van der Waals surface area contributed by atoms with Crippen LogP contribution in [0, 0.1) is 5.82 Å². The standard InChI is InChI=1S/C26H32F4N2O5/c1-2-36-23(24(33)34)18-19-10-12-20(13-11-19)37-17-16-32(15-7-3-6-14-26(28,29)30)25(35)31-22-9-5-4-8-21(22)27/h4-5,8-13,23H,2-3,6-7,14-18H2,1H3,(H,31,35)(H,33,34). The lowest BCUT2D eigenvalue weighted by Crippen LogP contribution is -2.38. The Bertz CT molecular complexity index is 986. The summed E-state index contributed by atoms with van der Waals surface area (Å²) in [7, 11) is 0. The van der Waals surface area contributed by atoms with Gasteiger partial charge in [0.15, 0.2) is 6.10 Å². The maximum Gasteiger partial charge on any atom is 0.389 e. The molecule has 0 fully saturated rings. The molecule has 2 aromatic carbocycles. The van der Waals surface area contributed by atoms with Gasteiger partial charge in [-0.25, -0.2) is 14.0 Å². The number of carboxylic acids is 1. The van der Waals surface area contributed by atoms with E-state index in [1.807, 2.05) is 0 Å². The molecule has 11 heteroatoms. The molecule has 0 radical (unpaired) electrons. The number of benzene rings is 2. The second kappa shape index (κ2) is 15.0. The number of hydrogen-bond acceptors (Lipinski definition) is 4. The highest BCUT2D eigenvalue weighted by atomic mass is 19.4. The lowest BCUT2D eigenvalue weighted by Gasteiger charge is -2.23. The number of nitrogens with zero attached hydrogens (tertiary/aromatic N) is 1. The van der Waals surface area contributed by atoms with E-state index in [2.05, 4.69) is 5.32 Å². The molecule has 0 saturated carbocycles. The molecule has 7 nitrogen and oxygen atoms in total. The van der Waals surface area contributed by atoms with Crippen molar-refractivity contribution in [2.24, 2.45) is 0 Å². The van der Waals surface area contributed by atoms with Gasteiger partial charge in [0.1, 0.15) is 18.2 Å². The molecule has 2 N–H and O–H groups in total. The first-order valence-corrected chi connectivity index (χ1v) is 12.0. The minimum Gasteiger partial charge on any atom is -0.492 e. The van der Waals surface area contributed by atoms with Crippen molar-refractivity contribution in [3.05, 3.63) is 59.9 Å². The summed E-state index contributed by atoms with van der Waals surface area (Å²) in [6.07, 6.45) is -5.27. The predicted molar refractivity (Wildman–Crippen MR) is 130 cm³/mol. The van der Waals surface area contributed by atoms with Gasteiger partial charge in [-0.3, -0.25) is 0 Å². The van der Waals surface area contributed by atoms with E-state index in [-0.39, 0.29) is 51.3 Å². The summed E-state index contributed by atoms with van der Waals surface area (Å²) in [6, 6.07) is 11.9. The molecule has 37 heavy (non-hydrogen) atoms. The zero-order chi connectivity index (χ0) is 27.3. The number of ether oxygens (including phenoxy) is 2. The van der Waals surface area contributed by atoms with Crippen LogP contribution in [0.1, 0.15) is 38.2 Å². The van der Waals surface area contributed by atoms with Gasteiger partial charge in [-0.2, -0.15) is 13.2 Å². The lowest BCUT2D eigenvalue weighted by atomic mass is 10.1. The van der Waals surface area contributed by atoms with Crippen molar-refractivity contribution in [2.45, 2.75) is 51.3 Å². The fourth-order valence-corrected chi connectivity index (χ4v) is 3.50. The maximum absolute atomic E-state index is 13.9. The highest BCUT2D eigenvalue weighted by Crippen LogP contribution is 2.23. The molecule has 0 heterocycles. The van der Waals surface area contributed by atoms with Crippen LogP contribution in [0.3, 0.4) is 0 Å². The Labute approximate surface area is 213 Å². The zero-order valence-electron chi connectivity index (χ0n) is 20.6. The van der Waals surface area contributed by atoms with Crippen LogP contribution in [0.15, 0.2) is 48.5 Å². The molecule has 0 aliphatic rings. The van der Waals surface area contributed by atoms with Crippen molar-refractivity contribution in [1.29, 1.82) is 0 Å². The lowest BCUT2D eigenvalue weighted by molar-refractivity contribution is -0.150. The molecule has 2 amide bonds. The quantitative estimate of drug-likeness (QED) is 0.222. The van der Waals surface area contributed by atoms with Crippen LogP contribution in [-0.2, 0) is 16.0 Å². The molecule has 1 unspecified atom stereocenters. The van der Waals surface area contributed by atoms with Gasteiger partial charge in [0, 0.05) is 26.0 Å². The predicted octanol–water partition coefficient (Wildman–Crippen LogP) is 5.89. The van der Waals surface area contributed by atoms with Crippen molar-refractivity contribution in [3.63, 3.8) is 0 Å². The van der Waals surface area contributed by atoms with Crippen LogP contribution in [0.4, 0.5) is 28.0 Å². The number of para-hydroxylation sites is 1. The molecule has 204 valence electrons. The summed E-state index contributed by atoms with van der Waals surface area (Å²) in [5.74, 6) is -1.16. The van der Waals surface area contributed by atoms with E-state index in [0.717, 1.165) is 5.56 Å². The van der Waals surface area contributed by atoms with Gasteiger partial charge in [0.2, 0.25) is 0 Å². The number of carbonyl (C=O) groups is 2. The van der Waals surface area contributed by atoms with Crippen LogP contribution in [0.5, 0.6) is 5.75 Å². The van der Waals surface area contributed by atoms with Gasteiger partial charge in [-0.1, -0.05) is 30.7 Å². The average Bonchev–Trinajstić information content (AvgIpc) is 2.84. The van der Waals surface area contributed by atoms with E-state index in [1.165, 1.54) is 23.1 Å². The summed E-state index contributed by atoms with van der Waals surface area (Å²) in [6.45, 7) is 2.38. The first kappa shape index (κ1) is 29.9. The molecule has 2 rings (SSSR count). The summed E-state index contributed by atoms with van der Waals surface area (Å²) in [5.41, 5.74) is 0.746. The Morgan fingerprint density at radius 1 is 1.03 bits per heavy atom. The zero-order valence-corrected chi connectivity index (χ0v) is 20.6. The number of hydrogen-bond donors (Lipinski definition) is 2. The maximum atomic E-state index is 13.9. The number of carboxylic acid groups (broad SMARTS) is 1. The van der Waals surface area contributed by atoms with Crippen LogP contribution >= 0.6 is 0 Å². The van der Waals surface area contributed by atoms with Gasteiger partial charge >= 0.3 is 18.2 Å². The van der Waals surface area contributed by atoms with Gasteiger partial charge < -0.3 is 24.8 Å². The Hall–Kier alpha value is -3.34. The van der Waals surface area contributed by atoms with Crippen LogP contribution in [0.25, 0.3) is 0 Å². The number of nitrogens with one attached hydrogen (secondary N) is 1. The molecule has 0 aromatic heterocycles. The second-order valence-electron chi connectivity index (χ2n) is 8.30. The first-order valence-electron chi connectivity index (χ1n) is 12.0. The van der Waals surface area contributed by atoms with E-state index >= 15 is 0 Å². The average molecular weight is 529 g/mol. The minimum absolute atomic E-state index is 0.00204. The SMILES string of the molecule is CCOC(Cc1ccc(OCCN(CCCCCC(F)(F)F)C(=O)Nc2ccccc2F)cc1)C(=O)O. The van der Waals surface area contributed by atoms with Crippen molar-refractivity contribution in [2.75, 3.05) is 31.6 Å². The fraction of sp³-hybridized carbons (Fsp3) is 0.462. The second-order valence-corrected chi connectivity index (χ2v) is 8.30. The van der Waals surface area contributed by atoms with E-state index in [4.69, 9.17) is 9.47 Å². The normalized spacial score (nSPS) is 12.1. The third-order valence-corrected chi connectivity index (χ3v) is 5.41. The molecule has 0 saturated heterocycles. The number of urea groups is 1. The van der Waals surface area contributed by atoms with Crippen LogP contribution in [-0.4, -0.2) is 60.6 Å². The molecular formula is C26H32F4N2O5. The number of amides is 2. The molecule has 0 aliphatic heterocycles. The highest BCUT2D eigenvalue weighted by molar-refractivity contribution is 5.89. The van der Waals surface area contributed by atoms with Gasteiger partial charge in [-0.15, -0.1) is 0 Å². The number of unbranched alkanes of at least 4 members (excludes halogenated alkanes) is 2. The number of carbonyl (C=O) groups excluding carboxylic acids is 1. The van der Waals surface area contributed by atoms with Gasteiger partial charge in [-0.05, 0) is 49.6 Å². The Morgan fingerprint density at radius 2 is 1.73 bits per heavy atom.